The lowest BCUT2D eigenvalue weighted by Gasteiger charge is -2.28. The molecule has 2 heterocycles. The minimum absolute atomic E-state index is 0. The highest BCUT2D eigenvalue weighted by Crippen LogP contribution is 2.28. The molecular formula is C17H27IN4O2S. The molecule has 0 saturated carbocycles. The Labute approximate surface area is 167 Å². The van der Waals surface area contributed by atoms with E-state index in [2.05, 4.69) is 51.7 Å². The molecule has 0 radical (unpaired) electrons. The number of halogens is 1. The van der Waals surface area contributed by atoms with Gasteiger partial charge in [-0.25, -0.2) is 8.42 Å². The number of rotatable bonds is 4. The molecule has 140 valence electrons. The molecule has 2 N–H and O–H groups in total. The van der Waals surface area contributed by atoms with Crippen LogP contribution in [0, 0.1) is 0 Å². The first-order chi connectivity index (χ1) is 11.5. The van der Waals surface area contributed by atoms with Gasteiger partial charge in [0.05, 0.1) is 11.5 Å². The van der Waals surface area contributed by atoms with Crippen LogP contribution in [0.4, 0.5) is 5.69 Å². The average molecular weight is 478 g/mol. The van der Waals surface area contributed by atoms with Crippen LogP contribution in [0.15, 0.2) is 29.3 Å². The van der Waals surface area contributed by atoms with Crippen molar-refractivity contribution in [2.24, 2.45) is 4.99 Å². The minimum Gasteiger partial charge on any atom is -0.366 e. The number of sulfone groups is 1. The zero-order chi connectivity index (χ0) is 17.2. The molecule has 0 amide bonds. The summed E-state index contributed by atoms with van der Waals surface area (Å²) in [5.74, 6) is 1.14. The van der Waals surface area contributed by atoms with E-state index in [0.29, 0.717) is 18.4 Å². The summed E-state index contributed by atoms with van der Waals surface area (Å²) in [5.41, 5.74) is 2.72. The Hall–Kier alpha value is -1.03. The lowest BCUT2D eigenvalue weighted by atomic mass is 10.2. The van der Waals surface area contributed by atoms with Gasteiger partial charge < -0.3 is 15.5 Å². The highest BCUT2D eigenvalue weighted by molar-refractivity contribution is 14.0. The van der Waals surface area contributed by atoms with Gasteiger partial charge in [0, 0.05) is 37.9 Å². The molecule has 8 heteroatoms. The second kappa shape index (κ2) is 8.57. The fourth-order valence-corrected chi connectivity index (χ4v) is 5.15. The maximum Gasteiger partial charge on any atom is 0.191 e. The Bertz CT molecular complexity index is 723. The van der Waals surface area contributed by atoms with Crippen molar-refractivity contribution in [3.05, 3.63) is 29.8 Å². The summed E-state index contributed by atoms with van der Waals surface area (Å²) in [7, 11) is -1.16. The van der Waals surface area contributed by atoms with Gasteiger partial charge in [0.1, 0.15) is 0 Å². The smallest absolute Gasteiger partial charge is 0.191 e. The standard InChI is InChI=1S/C17H26N4O2S.HI/c1-13(21-9-7-14-5-3-4-6-16(14)21)11-19-17(18-2)20-15-8-10-24(22,23)12-15;/h3-6,13,15H,7-12H2,1-2H3,(H2,18,19,20);1H. The lowest BCUT2D eigenvalue weighted by molar-refractivity contribution is 0.596. The van der Waals surface area contributed by atoms with E-state index >= 15 is 0 Å². The number of hydrogen-bond acceptors (Lipinski definition) is 4. The van der Waals surface area contributed by atoms with E-state index in [1.54, 1.807) is 7.05 Å². The maximum absolute atomic E-state index is 11.6. The number of para-hydroxylation sites is 1. The molecule has 0 spiro atoms. The molecule has 0 aliphatic carbocycles. The van der Waals surface area contributed by atoms with Crippen LogP contribution in [0.5, 0.6) is 0 Å². The van der Waals surface area contributed by atoms with Gasteiger partial charge in [0.15, 0.2) is 15.8 Å². The molecule has 25 heavy (non-hydrogen) atoms. The van der Waals surface area contributed by atoms with E-state index in [4.69, 9.17) is 0 Å². The summed E-state index contributed by atoms with van der Waals surface area (Å²) < 4.78 is 23.1. The second-order valence-electron chi connectivity index (χ2n) is 6.62. The molecular weight excluding hydrogens is 451 g/mol. The summed E-state index contributed by atoms with van der Waals surface area (Å²) in [5, 5.41) is 6.56. The zero-order valence-electron chi connectivity index (χ0n) is 14.7. The first-order valence-corrected chi connectivity index (χ1v) is 10.3. The van der Waals surface area contributed by atoms with E-state index < -0.39 is 9.84 Å². The van der Waals surface area contributed by atoms with Crippen molar-refractivity contribution in [1.82, 2.24) is 10.6 Å². The molecule has 2 aliphatic rings. The summed E-state index contributed by atoms with van der Waals surface area (Å²) >= 11 is 0. The van der Waals surface area contributed by atoms with Crippen LogP contribution in [0.25, 0.3) is 0 Å². The van der Waals surface area contributed by atoms with Crippen molar-refractivity contribution in [2.45, 2.75) is 31.8 Å². The van der Waals surface area contributed by atoms with Crippen LogP contribution in [0.1, 0.15) is 18.9 Å². The number of hydrogen-bond donors (Lipinski definition) is 2. The third-order valence-electron chi connectivity index (χ3n) is 4.82. The zero-order valence-corrected chi connectivity index (χ0v) is 17.9. The van der Waals surface area contributed by atoms with Crippen LogP contribution in [-0.2, 0) is 16.3 Å². The molecule has 3 rings (SSSR count). The number of nitrogens with zero attached hydrogens (tertiary/aromatic N) is 2. The molecule has 6 nitrogen and oxygen atoms in total. The Balaban J connectivity index is 0.00000225. The van der Waals surface area contributed by atoms with Gasteiger partial charge in [-0.2, -0.15) is 0 Å². The lowest BCUT2D eigenvalue weighted by Crippen LogP contribution is -2.48. The van der Waals surface area contributed by atoms with Gasteiger partial charge >= 0.3 is 0 Å². The van der Waals surface area contributed by atoms with Crippen LogP contribution >= 0.6 is 24.0 Å². The van der Waals surface area contributed by atoms with Gasteiger partial charge in [0.25, 0.3) is 0 Å². The topological polar surface area (TPSA) is 73.8 Å². The summed E-state index contributed by atoms with van der Waals surface area (Å²) in [6, 6.07) is 8.83. The first-order valence-electron chi connectivity index (χ1n) is 8.50. The van der Waals surface area contributed by atoms with E-state index in [1.165, 1.54) is 11.3 Å². The Morgan fingerprint density at radius 2 is 2.16 bits per heavy atom. The summed E-state index contributed by atoms with van der Waals surface area (Å²) in [6.45, 7) is 3.99. The molecule has 1 fully saturated rings. The van der Waals surface area contributed by atoms with Crippen molar-refractivity contribution in [3.8, 4) is 0 Å². The highest BCUT2D eigenvalue weighted by Gasteiger charge is 2.28. The third-order valence-corrected chi connectivity index (χ3v) is 6.58. The van der Waals surface area contributed by atoms with Crippen LogP contribution in [0.3, 0.4) is 0 Å². The minimum atomic E-state index is -2.88. The fraction of sp³-hybridized carbons (Fsp3) is 0.588. The van der Waals surface area contributed by atoms with Gasteiger partial charge in [-0.3, -0.25) is 4.99 Å². The SMILES string of the molecule is CN=C(NCC(C)N1CCc2ccccc21)NC1CCS(=O)(=O)C1.I. The van der Waals surface area contributed by atoms with Gasteiger partial charge in [0.2, 0.25) is 0 Å². The average Bonchev–Trinajstić information content (AvgIpc) is 3.14. The predicted octanol–water partition coefficient (Wildman–Crippen LogP) is 1.41. The first kappa shape index (κ1) is 20.3. The number of anilines is 1. The molecule has 2 aliphatic heterocycles. The molecule has 0 bridgehead atoms. The van der Waals surface area contributed by atoms with Gasteiger partial charge in [-0.05, 0) is 31.4 Å². The molecule has 2 unspecified atom stereocenters. The quantitative estimate of drug-likeness (QED) is 0.389. The number of fused-ring (bicyclic) bond motifs is 1. The van der Waals surface area contributed by atoms with Crippen molar-refractivity contribution in [1.29, 1.82) is 0 Å². The summed E-state index contributed by atoms with van der Waals surface area (Å²) in [4.78, 5) is 6.64. The van der Waals surface area contributed by atoms with Gasteiger partial charge in [-0.1, -0.05) is 18.2 Å². The maximum atomic E-state index is 11.6. The number of aliphatic imine (C=N–C) groups is 1. The van der Waals surface area contributed by atoms with Crippen LogP contribution < -0.4 is 15.5 Å². The number of guanidine groups is 1. The van der Waals surface area contributed by atoms with E-state index in [0.717, 1.165) is 19.5 Å². The van der Waals surface area contributed by atoms with E-state index in [9.17, 15) is 8.42 Å². The van der Waals surface area contributed by atoms with E-state index in [-0.39, 0.29) is 41.5 Å². The molecule has 0 aromatic heterocycles. The van der Waals surface area contributed by atoms with Crippen LogP contribution in [0.2, 0.25) is 0 Å². The predicted molar refractivity (Wildman–Crippen MR) is 114 cm³/mol. The monoisotopic (exact) mass is 478 g/mol. The number of nitrogens with one attached hydrogen (secondary N) is 2. The Kier molecular flexibility index (Phi) is 6.95. The fourth-order valence-electron chi connectivity index (χ4n) is 3.47. The molecule has 1 saturated heterocycles. The molecule has 1 aromatic rings. The normalized spacial score (nSPS) is 22.9. The van der Waals surface area contributed by atoms with Crippen molar-refractivity contribution >= 4 is 45.5 Å². The number of benzene rings is 1. The van der Waals surface area contributed by atoms with E-state index in [1.807, 2.05) is 0 Å². The Morgan fingerprint density at radius 3 is 2.84 bits per heavy atom. The largest absolute Gasteiger partial charge is 0.366 e. The van der Waals surface area contributed by atoms with Crippen molar-refractivity contribution < 1.29 is 8.42 Å². The second-order valence-corrected chi connectivity index (χ2v) is 8.85. The van der Waals surface area contributed by atoms with Crippen molar-refractivity contribution in [2.75, 3.05) is 36.5 Å². The Morgan fingerprint density at radius 1 is 1.40 bits per heavy atom. The van der Waals surface area contributed by atoms with Crippen molar-refractivity contribution in [3.63, 3.8) is 0 Å². The van der Waals surface area contributed by atoms with Crippen LogP contribution in [-0.4, -0.2) is 58.1 Å². The summed E-state index contributed by atoms with van der Waals surface area (Å²) in [6.07, 6.45) is 1.74. The van der Waals surface area contributed by atoms with Gasteiger partial charge in [-0.15, -0.1) is 24.0 Å². The third kappa shape index (κ3) is 4.99. The molecule has 1 aromatic carbocycles. The highest BCUT2D eigenvalue weighted by atomic mass is 127. The molecule has 2 atom stereocenters.